The number of benzene rings is 7. The summed E-state index contributed by atoms with van der Waals surface area (Å²) < 4.78 is 6.37. The molecule has 50 heavy (non-hydrogen) atoms. The Labute approximate surface area is 290 Å². The fourth-order valence-electron chi connectivity index (χ4n) is 8.06. The Kier molecular flexibility index (Phi) is 6.22. The van der Waals surface area contributed by atoms with E-state index in [9.17, 15) is 0 Å². The quantitative estimate of drug-likeness (QED) is 0.192. The molecular formula is C47H32N2O. The third-order valence-electron chi connectivity index (χ3n) is 10.5. The molecular weight excluding hydrogens is 609 g/mol. The van der Waals surface area contributed by atoms with Gasteiger partial charge >= 0.3 is 0 Å². The first-order valence-corrected chi connectivity index (χ1v) is 17.2. The predicted molar refractivity (Wildman–Crippen MR) is 206 cm³/mol. The number of rotatable bonds is 4. The Bertz CT molecular complexity index is 2790. The molecule has 1 aliphatic carbocycles. The summed E-state index contributed by atoms with van der Waals surface area (Å²) in [4.78, 5) is 10.8. The van der Waals surface area contributed by atoms with E-state index in [1.54, 1.807) is 0 Å². The smallest absolute Gasteiger partial charge is 0.161 e. The summed E-state index contributed by atoms with van der Waals surface area (Å²) in [5.74, 6) is 0.723. The van der Waals surface area contributed by atoms with Crippen LogP contribution in [0, 0.1) is 0 Å². The fourth-order valence-corrected chi connectivity index (χ4v) is 8.06. The van der Waals surface area contributed by atoms with E-state index in [1.165, 1.54) is 33.4 Å². The highest BCUT2D eigenvalue weighted by Crippen LogP contribution is 2.52. The Hall–Kier alpha value is -6.32. The van der Waals surface area contributed by atoms with Crippen LogP contribution in [0.1, 0.15) is 25.0 Å². The zero-order chi connectivity index (χ0) is 33.4. The fraction of sp³-hybridized carbons (Fsp3) is 0.0638. The van der Waals surface area contributed by atoms with Crippen LogP contribution in [-0.4, -0.2) is 9.97 Å². The molecule has 9 aromatic rings. The van der Waals surface area contributed by atoms with Crippen molar-refractivity contribution in [2.75, 3.05) is 0 Å². The minimum absolute atomic E-state index is 0.119. The molecule has 0 spiro atoms. The second-order valence-corrected chi connectivity index (χ2v) is 13.8. The number of furan rings is 1. The first-order valence-electron chi connectivity index (χ1n) is 17.2. The van der Waals surface area contributed by atoms with Crippen LogP contribution >= 0.6 is 0 Å². The second kappa shape index (κ2) is 10.8. The molecule has 2 aromatic heterocycles. The van der Waals surface area contributed by atoms with Crippen LogP contribution in [0.5, 0.6) is 0 Å². The monoisotopic (exact) mass is 640 g/mol. The first kappa shape index (κ1) is 28.7. The van der Waals surface area contributed by atoms with Gasteiger partial charge in [0.05, 0.1) is 11.2 Å². The number of aromatic nitrogens is 2. The molecule has 0 saturated carbocycles. The lowest BCUT2D eigenvalue weighted by molar-refractivity contribution is 0.660. The highest BCUT2D eigenvalue weighted by molar-refractivity contribution is 6.14. The van der Waals surface area contributed by atoms with Gasteiger partial charge in [-0.15, -0.1) is 0 Å². The maximum Gasteiger partial charge on any atom is 0.161 e. The van der Waals surface area contributed by atoms with E-state index < -0.39 is 0 Å². The molecule has 3 heteroatoms. The van der Waals surface area contributed by atoms with Gasteiger partial charge in [0.1, 0.15) is 11.2 Å². The van der Waals surface area contributed by atoms with Gasteiger partial charge in [0.2, 0.25) is 0 Å². The summed E-state index contributed by atoms with van der Waals surface area (Å²) in [7, 11) is 0. The maximum atomic E-state index is 6.37. The Morgan fingerprint density at radius 1 is 0.460 bits per heavy atom. The van der Waals surface area contributed by atoms with E-state index >= 15 is 0 Å². The van der Waals surface area contributed by atoms with Crippen molar-refractivity contribution in [1.82, 2.24) is 9.97 Å². The Morgan fingerprint density at radius 2 is 1.10 bits per heavy atom. The van der Waals surface area contributed by atoms with E-state index in [2.05, 4.69) is 153 Å². The standard InChI is InChI=1S/C47H32N2O/c1-47(2)38-21-8-6-17-33(38)43-36(20-11-22-39(43)47)46-48-40-26-25-32(31-16-10-15-30(27-31)29-13-4-3-5-14-29)28-37(40)45(49-46)35-19-12-24-42-44(35)34-18-7-9-23-41(34)50-42/h3-28H,1-2H3. The molecule has 0 amide bonds. The molecule has 0 saturated heterocycles. The zero-order valence-electron chi connectivity index (χ0n) is 27.8. The van der Waals surface area contributed by atoms with Crippen LogP contribution in [0.15, 0.2) is 162 Å². The topological polar surface area (TPSA) is 38.9 Å². The molecule has 0 fully saturated rings. The van der Waals surface area contributed by atoms with Gasteiger partial charge in [-0.2, -0.15) is 0 Å². The van der Waals surface area contributed by atoms with Crippen molar-refractivity contribution in [2.24, 2.45) is 0 Å². The number of para-hydroxylation sites is 1. The second-order valence-electron chi connectivity index (χ2n) is 13.8. The Morgan fingerprint density at radius 3 is 2.00 bits per heavy atom. The molecule has 10 rings (SSSR count). The van der Waals surface area contributed by atoms with Crippen LogP contribution in [0.3, 0.4) is 0 Å². The van der Waals surface area contributed by atoms with Crippen molar-refractivity contribution >= 4 is 32.8 Å². The lowest BCUT2D eigenvalue weighted by atomic mass is 9.82. The molecule has 0 unspecified atom stereocenters. The molecule has 0 bridgehead atoms. The molecule has 3 nitrogen and oxygen atoms in total. The number of hydrogen-bond acceptors (Lipinski definition) is 3. The largest absolute Gasteiger partial charge is 0.456 e. The third-order valence-corrected chi connectivity index (χ3v) is 10.5. The number of nitrogens with zero attached hydrogens (tertiary/aromatic N) is 2. The van der Waals surface area contributed by atoms with Gasteiger partial charge in [-0.25, -0.2) is 9.97 Å². The van der Waals surface area contributed by atoms with Gasteiger partial charge in [-0.3, -0.25) is 0 Å². The first-order chi connectivity index (χ1) is 24.5. The van der Waals surface area contributed by atoms with Crippen molar-refractivity contribution < 1.29 is 4.42 Å². The summed E-state index contributed by atoms with van der Waals surface area (Å²) in [6.07, 6.45) is 0. The predicted octanol–water partition coefficient (Wildman–Crippen LogP) is 12.5. The van der Waals surface area contributed by atoms with Crippen LogP contribution < -0.4 is 0 Å². The SMILES string of the molecule is CC1(C)c2ccccc2-c2c(-c3nc(-c4cccc5oc6ccccc6c45)c4cc(-c5cccc(-c6ccccc6)c5)ccc4n3)cccc21. The Balaban J connectivity index is 1.25. The summed E-state index contributed by atoms with van der Waals surface area (Å²) in [5, 5.41) is 3.15. The summed E-state index contributed by atoms with van der Waals surface area (Å²) in [5.41, 5.74) is 15.2. The average Bonchev–Trinajstić information content (AvgIpc) is 3.67. The molecule has 236 valence electrons. The lowest BCUT2D eigenvalue weighted by Gasteiger charge is -2.21. The number of fused-ring (bicyclic) bond motifs is 7. The molecule has 2 heterocycles. The lowest BCUT2D eigenvalue weighted by Crippen LogP contribution is -2.14. The molecule has 0 aliphatic heterocycles. The van der Waals surface area contributed by atoms with Gasteiger partial charge in [-0.05, 0) is 74.8 Å². The highest BCUT2D eigenvalue weighted by atomic mass is 16.3. The molecule has 7 aromatic carbocycles. The maximum absolute atomic E-state index is 6.37. The van der Waals surface area contributed by atoms with Crippen LogP contribution in [0.25, 0.3) is 88.9 Å². The molecule has 0 atom stereocenters. The summed E-state index contributed by atoms with van der Waals surface area (Å²) in [6.45, 7) is 4.63. The van der Waals surface area contributed by atoms with Crippen molar-refractivity contribution in [2.45, 2.75) is 19.3 Å². The van der Waals surface area contributed by atoms with Crippen molar-refractivity contribution in [3.8, 4) is 56.0 Å². The normalized spacial score (nSPS) is 13.2. The summed E-state index contributed by atoms with van der Waals surface area (Å²) >= 11 is 0. The van der Waals surface area contributed by atoms with E-state index in [1.807, 2.05) is 18.2 Å². The van der Waals surface area contributed by atoms with E-state index in [4.69, 9.17) is 14.4 Å². The number of hydrogen-bond donors (Lipinski definition) is 0. The van der Waals surface area contributed by atoms with Gasteiger partial charge in [-0.1, -0.05) is 141 Å². The van der Waals surface area contributed by atoms with Crippen molar-refractivity contribution in [3.05, 3.63) is 169 Å². The van der Waals surface area contributed by atoms with E-state index in [0.717, 1.165) is 66.6 Å². The molecule has 1 aliphatic rings. The van der Waals surface area contributed by atoms with Crippen molar-refractivity contribution in [1.29, 1.82) is 0 Å². The zero-order valence-corrected chi connectivity index (χ0v) is 27.8. The minimum atomic E-state index is -0.119. The average molecular weight is 641 g/mol. The van der Waals surface area contributed by atoms with Gasteiger partial charge < -0.3 is 4.42 Å². The summed E-state index contributed by atoms with van der Waals surface area (Å²) in [6, 6.07) is 55.8. The minimum Gasteiger partial charge on any atom is -0.456 e. The molecule has 0 N–H and O–H groups in total. The van der Waals surface area contributed by atoms with E-state index in [0.29, 0.717) is 0 Å². The van der Waals surface area contributed by atoms with Gasteiger partial charge in [0.15, 0.2) is 5.82 Å². The van der Waals surface area contributed by atoms with Gasteiger partial charge in [0, 0.05) is 32.7 Å². The van der Waals surface area contributed by atoms with Gasteiger partial charge in [0.25, 0.3) is 0 Å². The van der Waals surface area contributed by atoms with Crippen LogP contribution in [0.2, 0.25) is 0 Å². The van der Waals surface area contributed by atoms with E-state index in [-0.39, 0.29) is 5.41 Å². The molecule has 0 radical (unpaired) electrons. The highest BCUT2D eigenvalue weighted by Gasteiger charge is 2.37. The van der Waals surface area contributed by atoms with Crippen LogP contribution in [-0.2, 0) is 5.41 Å². The van der Waals surface area contributed by atoms with Crippen molar-refractivity contribution in [3.63, 3.8) is 0 Å². The third kappa shape index (κ3) is 4.30. The van der Waals surface area contributed by atoms with Crippen LogP contribution in [0.4, 0.5) is 0 Å².